The summed E-state index contributed by atoms with van der Waals surface area (Å²) in [7, 11) is 0. The number of rotatable bonds is 2. The lowest BCUT2D eigenvalue weighted by Crippen LogP contribution is -2.42. The van der Waals surface area contributed by atoms with Crippen LogP contribution in [0.5, 0.6) is 0 Å². The van der Waals surface area contributed by atoms with Gasteiger partial charge in [0.2, 0.25) is 0 Å². The monoisotopic (exact) mass is 346 g/mol. The van der Waals surface area contributed by atoms with E-state index in [1.165, 1.54) is 6.07 Å². The van der Waals surface area contributed by atoms with Crippen LogP contribution in [0.4, 0.5) is 10.5 Å². The van der Waals surface area contributed by atoms with Crippen LogP contribution in [0.25, 0.3) is 10.9 Å². The molecule has 1 saturated heterocycles. The number of hydrogen-bond donors (Lipinski definition) is 0. The van der Waals surface area contributed by atoms with Crippen LogP contribution in [0.3, 0.4) is 0 Å². The van der Waals surface area contributed by atoms with E-state index in [0.717, 1.165) is 18.4 Å². The SMILES string of the molecule is CC(C)(C)OC(=O)N1CCC(n2ncc3c([N+](=O)[O-])cccc32)CC1. The molecule has 0 aliphatic carbocycles. The molecule has 25 heavy (non-hydrogen) atoms. The molecule has 134 valence electrons. The molecule has 1 aromatic carbocycles. The maximum absolute atomic E-state index is 12.1. The lowest BCUT2D eigenvalue weighted by Gasteiger charge is -2.33. The molecule has 3 rings (SSSR count). The van der Waals surface area contributed by atoms with Crippen LogP contribution in [-0.4, -0.2) is 44.4 Å². The maximum Gasteiger partial charge on any atom is 0.410 e. The van der Waals surface area contributed by atoms with Gasteiger partial charge < -0.3 is 9.64 Å². The van der Waals surface area contributed by atoms with E-state index in [0.29, 0.717) is 18.5 Å². The molecule has 8 heteroatoms. The van der Waals surface area contributed by atoms with Crippen molar-refractivity contribution in [2.24, 2.45) is 0 Å². The number of benzene rings is 1. The number of ether oxygens (including phenoxy) is 1. The van der Waals surface area contributed by atoms with E-state index in [4.69, 9.17) is 4.74 Å². The Bertz CT molecular complexity index is 801. The number of non-ortho nitro benzene ring substituents is 1. The van der Waals surface area contributed by atoms with Gasteiger partial charge in [0.25, 0.3) is 5.69 Å². The molecule has 0 saturated carbocycles. The van der Waals surface area contributed by atoms with Gasteiger partial charge in [-0.05, 0) is 39.7 Å². The third-order valence-electron chi connectivity index (χ3n) is 4.28. The number of carbonyl (C=O) groups excluding carboxylic acids is 1. The molecule has 1 fully saturated rings. The molecule has 0 N–H and O–H groups in total. The molecular formula is C17H22N4O4. The molecule has 8 nitrogen and oxygen atoms in total. The molecule has 0 unspecified atom stereocenters. The highest BCUT2D eigenvalue weighted by molar-refractivity contribution is 5.87. The molecule has 1 aromatic heterocycles. The average Bonchev–Trinajstić information content (AvgIpc) is 2.97. The van der Waals surface area contributed by atoms with Gasteiger partial charge in [0.05, 0.1) is 28.1 Å². The number of piperidine rings is 1. The second-order valence-corrected chi connectivity index (χ2v) is 7.25. The number of nitro benzene ring substituents is 1. The average molecular weight is 346 g/mol. The Morgan fingerprint density at radius 2 is 2.00 bits per heavy atom. The predicted octanol–water partition coefficient (Wildman–Crippen LogP) is 3.52. The van der Waals surface area contributed by atoms with Crippen LogP contribution in [0.2, 0.25) is 0 Å². The van der Waals surface area contributed by atoms with E-state index in [2.05, 4.69) is 5.10 Å². The normalized spacial score (nSPS) is 16.2. The van der Waals surface area contributed by atoms with Gasteiger partial charge in [-0.25, -0.2) is 4.79 Å². The second kappa shape index (κ2) is 6.34. The number of amides is 1. The number of hydrogen-bond acceptors (Lipinski definition) is 5. The second-order valence-electron chi connectivity index (χ2n) is 7.25. The summed E-state index contributed by atoms with van der Waals surface area (Å²) in [6, 6.07) is 5.11. The number of nitro groups is 1. The third kappa shape index (κ3) is 3.57. The summed E-state index contributed by atoms with van der Waals surface area (Å²) in [6.07, 6.45) is 2.72. The first-order valence-corrected chi connectivity index (χ1v) is 8.35. The van der Waals surface area contributed by atoms with Crippen molar-refractivity contribution >= 4 is 22.7 Å². The van der Waals surface area contributed by atoms with E-state index in [1.54, 1.807) is 17.2 Å². The molecule has 0 bridgehead atoms. The number of carbonyl (C=O) groups is 1. The van der Waals surface area contributed by atoms with Gasteiger partial charge in [0.1, 0.15) is 5.60 Å². The summed E-state index contributed by atoms with van der Waals surface area (Å²) in [6.45, 7) is 6.70. The minimum atomic E-state index is -0.509. The number of likely N-dealkylation sites (tertiary alicyclic amines) is 1. The Balaban J connectivity index is 1.74. The zero-order valence-corrected chi connectivity index (χ0v) is 14.6. The van der Waals surface area contributed by atoms with Gasteiger partial charge >= 0.3 is 6.09 Å². The van der Waals surface area contributed by atoms with Crippen molar-refractivity contribution in [3.05, 3.63) is 34.5 Å². The van der Waals surface area contributed by atoms with Crippen LogP contribution in [-0.2, 0) is 4.74 Å². The van der Waals surface area contributed by atoms with E-state index in [9.17, 15) is 14.9 Å². The summed E-state index contributed by atoms with van der Waals surface area (Å²) in [5, 5.41) is 16.1. The molecule has 1 aliphatic rings. The molecule has 1 aliphatic heterocycles. The van der Waals surface area contributed by atoms with Crippen molar-refractivity contribution in [2.75, 3.05) is 13.1 Å². The minimum Gasteiger partial charge on any atom is -0.444 e. The topological polar surface area (TPSA) is 90.5 Å². The highest BCUT2D eigenvalue weighted by Gasteiger charge is 2.29. The van der Waals surface area contributed by atoms with Crippen LogP contribution in [0.1, 0.15) is 39.7 Å². The first kappa shape index (κ1) is 17.2. The lowest BCUT2D eigenvalue weighted by atomic mass is 10.1. The van der Waals surface area contributed by atoms with Crippen molar-refractivity contribution in [3.8, 4) is 0 Å². The van der Waals surface area contributed by atoms with Crippen molar-refractivity contribution in [2.45, 2.75) is 45.3 Å². The Kier molecular flexibility index (Phi) is 4.36. The maximum atomic E-state index is 12.1. The first-order valence-electron chi connectivity index (χ1n) is 8.35. The van der Waals surface area contributed by atoms with Crippen molar-refractivity contribution < 1.29 is 14.5 Å². The highest BCUT2D eigenvalue weighted by Crippen LogP contribution is 2.30. The van der Waals surface area contributed by atoms with Crippen LogP contribution >= 0.6 is 0 Å². The summed E-state index contributed by atoms with van der Waals surface area (Å²) < 4.78 is 7.25. The Hall–Kier alpha value is -2.64. The van der Waals surface area contributed by atoms with Crippen molar-refractivity contribution in [1.82, 2.24) is 14.7 Å². The Morgan fingerprint density at radius 3 is 2.60 bits per heavy atom. The summed E-state index contributed by atoms with van der Waals surface area (Å²) in [5.74, 6) is 0. The fourth-order valence-electron chi connectivity index (χ4n) is 3.13. The summed E-state index contributed by atoms with van der Waals surface area (Å²) in [4.78, 5) is 24.6. The Labute approximate surface area is 145 Å². The number of nitrogens with zero attached hydrogens (tertiary/aromatic N) is 4. The Morgan fingerprint density at radius 1 is 1.32 bits per heavy atom. The van der Waals surface area contributed by atoms with Gasteiger partial charge in [-0.2, -0.15) is 5.10 Å². The highest BCUT2D eigenvalue weighted by atomic mass is 16.6. The quantitative estimate of drug-likeness (QED) is 0.613. The van der Waals surface area contributed by atoms with Crippen LogP contribution in [0.15, 0.2) is 24.4 Å². The van der Waals surface area contributed by atoms with Gasteiger partial charge in [-0.15, -0.1) is 0 Å². The summed E-state index contributed by atoms with van der Waals surface area (Å²) in [5.41, 5.74) is 0.310. The minimum absolute atomic E-state index is 0.0648. The standard InChI is InChI=1S/C17H22N4O4/c1-17(2,3)25-16(22)19-9-7-12(8-10-19)20-14-5-4-6-15(21(23)24)13(14)11-18-20/h4-6,11-12H,7-10H2,1-3H3. The molecule has 0 atom stereocenters. The fourth-order valence-corrected chi connectivity index (χ4v) is 3.13. The van der Waals surface area contributed by atoms with Crippen LogP contribution in [0, 0.1) is 10.1 Å². The molecule has 0 spiro atoms. The van der Waals surface area contributed by atoms with Crippen molar-refractivity contribution in [3.63, 3.8) is 0 Å². The molecule has 0 radical (unpaired) electrons. The van der Waals surface area contributed by atoms with Crippen LogP contribution < -0.4 is 0 Å². The molecular weight excluding hydrogens is 324 g/mol. The zero-order valence-electron chi connectivity index (χ0n) is 14.6. The van der Waals surface area contributed by atoms with E-state index >= 15 is 0 Å². The van der Waals surface area contributed by atoms with Gasteiger partial charge in [0.15, 0.2) is 0 Å². The van der Waals surface area contributed by atoms with E-state index in [1.807, 2.05) is 31.5 Å². The van der Waals surface area contributed by atoms with Crippen molar-refractivity contribution in [1.29, 1.82) is 0 Å². The first-order chi connectivity index (χ1) is 11.8. The largest absolute Gasteiger partial charge is 0.444 e. The summed E-state index contributed by atoms with van der Waals surface area (Å²) >= 11 is 0. The number of fused-ring (bicyclic) bond motifs is 1. The van der Waals surface area contributed by atoms with Gasteiger partial charge in [-0.3, -0.25) is 14.8 Å². The van der Waals surface area contributed by atoms with Gasteiger partial charge in [-0.1, -0.05) is 6.07 Å². The molecule has 1 amide bonds. The molecule has 2 aromatic rings. The number of aromatic nitrogens is 2. The van der Waals surface area contributed by atoms with Gasteiger partial charge in [0, 0.05) is 19.2 Å². The van der Waals surface area contributed by atoms with E-state index < -0.39 is 5.60 Å². The fraction of sp³-hybridized carbons (Fsp3) is 0.529. The predicted molar refractivity (Wildman–Crippen MR) is 92.5 cm³/mol. The smallest absolute Gasteiger partial charge is 0.410 e. The molecule has 2 heterocycles. The lowest BCUT2D eigenvalue weighted by molar-refractivity contribution is -0.383. The third-order valence-corrected chi connectivity index (χ3v) is 4.28. The van der Waals surface area contributed by atoms with E-state index in [-0.39, 0.29) is 22.7 Å². The zero-order chi connectivity index (χ0) is 18.2.